The van der Waals surface area contributed by atoms with Crippen molar-refractivity contribution >= 4 is 22.6 Å². The number of ether oxygens (including phenoxy) is 1. The zero-order chi connectivity index (χ0) is 19.5. The molecule has 0 spiro atoms. The van der Waals surface area contributed by atoms with Gasteiger partial charge in [0, 0.05) is 10.6 Å². The first kappa shape index (κ1) is 18.6. The number of halogens is 1. The largest absolute Gasteiger partial charge is 0.492 e. The topological polar surface area (TPSA) is 27.1 Å². The van der Waals surface area contributed by atoms with Crippen LogP contribution >= 0.6 is 11.6 Å². The lowest BCUT2D eigenvalue weighted by atomic mass is 10.0. The maximum absolute atomic E-state index is 6.20. The quantitative estimate of drug-likeness (QED) is 0.372. The minimum Gasteiger partial charge on any atom is -0.492 e. The van der Waals surface area contributed by atoms with Crippen molar-refractivity contribution in [1.29, 1.82) is 0 Å². The highest BCUT2D eigenvalue weighted by Gasteiger charge is 2.13. The van der Waals surface area contributed by atoms with E-state index in [1.54, 1.807) is 0 Å². The molecule has 0 aliphatic carbocycles. The first-order valence-corrected chi connectivity index (χ1v) is 9.93. The van der Waals surface area contributed by atoms with E-state index in [4.69, 9.17) is 21.3 Å². The van der Waals surface area contributed by atoms with Crippen LogP contribution in [-0.4, -0.2) is 16.2 Å². The highest BCUT2D eigenvalue weighted by atomic mass is 35.5. The molecule has 1 heterocycles. The Morgan fingerprint density at radius 1 is 0.964 bits per heavy atom. The van der Waals surface area contributed by atoms with Crippen LogP contribution in [0, 0.1) is 0 Å². The molecule has 0 aliphatic heterocycles. The molecule has 3 aromatic carbocycles. The summed E-state index contributed by atoms with van der Waals surface area (Å²) in [5, 5.41) is 0.706. The molecule has 0 radical (unpaired) electrons. The van der Waals surface area contributed by atoms with Crippen molar-refractivity contribution in [3.8, 4) is 17.1 Å². The third-order valence-corrected chi connectivity index (χ3v) is 5.10. The van der Waals surface area contributed by atoms with Gasteiger partial charge in [-0.25, -0.2) is 4.98 Å². The highest BCUT2D eigenvalue weighted by Crippen LogP contribution is 2.27. The average molecular weight is 391 g/mol. The standard InChI is InChI=1S/C24H23ClN2O/c1-17(2)18-10-12-21(13-11-18)28-15-14-27-23-9-4-3-8-22(23)26-24(27)19-6-5-7-20(25)16-19/h3-13,16-17H,14-15H2,1-2H3. The molecule has 0 saturated carbocycles. The van der Waals surface area contributed by atoms with Gasteiger partial charge in [0.1, 0.15) is 18.2 Å². The van der Waals surface area contributed by atoms with Gasteiger partial charge in [-0.05, 0) is 47.9 Å². The zero-order valence-electron chi connectivity index (χ0n) is 16.1. The summed E-state index contributed by atoms with van der Waals surface area (Å²) in [6.07, 6.45) is 0. The van der Waals surface area contributed by atoms with Gasteiger partial charge in [0.2, 0.25) is 0 Å². The van der Waals surface area contributed by atoms with Crippen LogP contribution in [0.5, 0.6) is 5.75 Å². The van der Waals surface area contributed by atoms with Gasteiger partial charge in [-0.2, -0.15) is 0 Å². The number of rotatable bonds is 6. The van der Waals surface area contributed by atoms with E-state index in [1.165, 1.54) is 5.56 Å². The Morgan fingerprint density at radius 2 is 1.75 bits per heavy atom. The smallest absolute Gasteiger partial charge is 0.141 e. The minimum absolute atomic E-state index is 0.520. The lowest BCUT2D eigenvalue weighted by Crippen LogP contribution is -2.09. The van der Waals surface area contributed by atoms with Crippen molar-refractivity contribution in [3.05, 3.63) is 83.4 Å². The summed E-state index contributed by atoms with van der Waals surface area (Å²) in [4.78, 5) is 4.83. The fourth-order valence-electron chi connectivity index (χ4n) is 3.35. The average Bonchev–Trinajstić information content (AvgIpc) is 3.07. The maximum atomic E-state index is 6.20. The summed E-state index contributed by atoms with van der Waals surface area (Å²) in [5.41, 5.74) is 4.39. The monoisotopic (exact) mass is 390 g/mol. The van der Waals surface area contributed by atoms with Crippen LogP contribution in [0.2, 0.25) is 5.02 Å². The fraction of sp³-hybridized carbons (Fsp3) is 0.208. The number of hydrogen-bond donors (Lipinski definition) is 0. The normalized spacial score (nSPS) is 11.3. The summed E-state index contributed by atoms with van der Waals surface area (Å²) in [6.45, 7) is 5.65. The molecule has 1 aromatic heterocycles. The molecule has 0 fully saturated rings. The van der Waals surface area contributed by atoms with Crippen LogP contribution in [0.3, 0.4) is 0 Å². The lowest BCUT2D eigenvalue weighted by Gasteiger charge is -2.12. The highest BCUT2D eigenvalue weighted by molar-refractivity contribution is 6.30. The lowest BCUT2D eigenvalue weighted by molar-refractivity contribution is 0.300. The molecule has 4 rings (SSSR count). The Labute approximate surface area is 170 Å². The van der Waals surface area contributed by atoms with E-state index in [0.29, 0.717) is 24.1 Å². The van der Waals surface area contributed by atoms with Gasteiger partial charge < -0.3 is 9.30 Å². The first-order valence-electron chi connectivity index (χ1n) is 9.56. The van der Waals surface area contributed by atoms with Crippen LogP contribution in [0.4, 0.5) is 0 Å². The van der Waals surface area contributed by atoms with Crippen LogP contribution in [0.25, 0.3) is 22.4 Å². The molecular formula is C24H23ClN2O. The number of para-hydroxylation sites is 2. The summed E-state index contributed by atoms with van der Waals surface area (Å²) >= 11 is 6.20. The Hall–Kier alpha value is -2.78. The predicted molar refractivity (Wildman–Crippen MR) is 116 cm³/mol. The van der Waals surface area contributed by atoms with Crippen molar-refractivity contribution in [1.82, 2.24) is 9.55 Å². The van der Waals surface area contributed by atoms with Gasteiger partial charge in [0.05, 0.1) is 17.6 Å². The van der Waals surface area contributed by atoms with Crippen molar-refractivity contribution in [2.45, 2.75) is 26.3 Å². The minimum atomic E-state index is 0.520. The molecule has 0 N–H and O–H groups in total. The number of aromatic nitrogens is 2. The third kappa shape index (κ3) is 3.90. The fourth-order valence-corrected chi connectivity index (χ4v) is 3.54. The van der Waals surface area contributed by atoms with E-state index < -0.39 is 0 Å². The van der Waals surface area contributed by atoms with Crippen molar-refractivity contribution in [2.24, 2.45) is 0 Å². The van der Waals surface area contributed by atoms with Gasteiger partial charge in [0.15, 0.2) is 0 Å². The number of benzene rings is 3. The number of imidazole rings is 1. The maximum Gasteiger partial charge on any atom is 0.141 e. The van der Waals surface area contributed by atoms with E-state index in [2.05, 4.69) is 36.6 Å². The second-order valence-electron chi connectivity index (χ2n) is 7.16. The summed E-state index contributed by atoms with van der Waals surface area (Å²) in [7, 11) is 0. The SMILES string of the molecule is CC(C)c1ccc(OCCn2c(-c3cccc(Cl)c3)nc3ccccc32)cc1. The summed E-state index contributed by atoms with van der Waals surface area (Å²) in [5.74, 6) is 2.31. The van der Waals surface area contributed by atoms with E-state index in [9.17, 15) is 0 Å². The van der Waals surface area contributed by atoms with Gasteiger partial charge in [-0.1, -0.05) is 61.8 Å². The van der Waals surface area contributed by atoms with Crippen LogP contribution in [0.15, 0.2) is 72.8 Å². The Morgan fingerprint density at radius 3 is 2.50 bits per heavy atom. The zero-order valence-corrected chi connectivity index (χ0v) is 16.9. The molecule has 142 valence electrons. The second-order valence-corrected chi connectivity index (χ2v) is 7.59. The number of fused-ring (bicyclic) bond motifs is 1. The van der Waals surface area contributed by atoms with E-state index in [0.717, 1.165) is 28.2 Å². The molecular weight excluding hydrogens is 368 g/mol. The predicted octanol–water partition coefficient (Wildman–Crippen LogP) is 6.56. The third-order valence-electron chi connectivity index (χ3n) is 4.87. The summed E-state index contributed by atoms with van der Waals surface area (Å²) in [6, 6.07) is 24.3. The van der Waals surface area contributed by atoms with E-state index in [1.807, 2.05) is 54.6 Å². The molecule has 0 unspecified atom stereocenters. The molecule has 0 bridgehead atoms. The van der Waals surface area contributed by atoms with Crippen molar-refractivity contribution in [3.63, 3.8) is 0 Å². The molecule has 0 atom stereocenters. The molecule has 0 saturated heterocycles. The Bertz CT molecular complexity index is 1080. The Balaban J connectivity index is 1.58. The molecule has 0 amide bonds. The molecule has 4 aromatic rings. The van der Waals surface area contributed by atoms with Gasteiger partial charge in [0.25, 0.3) is 0 Å². The van der Waals surface area contributed by atoms with E-state index >= 15 is 0 Å². The van der Waals surface area contributed by atoms with Crippen LogP contribution < -0.4 is 4.74 Å². The molecule has 28 heavy (non-hydrogen) atoms. The number of nitrogens with zero attached hydrogens (tertiary/aromatic N) is 2. The van der Waals surface area contributed by atoms with E-state index in [-0.39, 0.29) is 0 Å². The molecule has 0 aliphatic rings. The summed E-state index contributed by atoms with van der Waals surface area (Å²) < 4.78 is 8.20. The van der Waals surface area contributed by atoms with Gasteiger partial charge in [-0.3, -0.25) is 0 Å². The first-order chi connectivity index (χ1) is 13.6. The van der Waals surface area contributed by atoms with Crippen LogP contribution in [-0.2, 0) is 6.54 Å². The number of hydrogen-bond acceptors (Lipinski definition) is 2. The van der Waals surface area contributed by atoms with Crippen LogP contribution in [0.1, 0.15) is 25.3 Å². The van der Waals surface area contributed by atoms with Gasteiger partial charge in [-0.15, -0.1) is 0 Å². The molecule has 4 heteroatoms. The second kappa shape index (κ2) is 8.07. The van der Waals surface area contributed by atoms with Crippen molar-refractivity contribution in [2.75, 3.05) is 6.61 Å². The van der Waals surface area contributed by atoms with Crippen molar-refractivity contribution < 1.29 is 4.74 Å². The Kier molecular flexibility index (Phi) is 5.36. The van der Waals surface area contributed by atoms with Gasteiger partial charge >= 0.3 is 0 Å². The molecule has 3 nitrogen and oxygen atoms in total.